The van der Waals surface area contributed by atoms with Gasteiger partial charge in [-0.1, -0.05) is 0 Å². The first kappa shape index (κ1) is 21.4. The van der Waals surface area contributed by atoms with Crippen molar-refractivity contribution >= 4 is 44.9 Å². The van der Waals surface area contributed by atoms with Crippen molar-refractivity contribution in [3.63, 3.8) is 0 Å². The van der Waals surface area contributed by atoms with Gasteiger partial charge in [-0.25, -0.2) is 27.9 Å². The number of ether oxygens (including phenoxy) is 1. The van der Waals surface area contributed by atoms with Gasteiger partial charge in [0, 0.05) is 23.0 Å². The van der Waals surface area contributed by atoms with Crippen LogP contribution in [0.5, 0.6) is 0 Å². The molecule has 0 aliphatic rings. The summed E-state index contributed by atoms with van der Waals surface area (Å²) < 4.78 is 32.2. The second kappa shape index (κ2) is 9.01. The molecule has 2 aromatic heterocycles. The number of sulfonamides is 1. The number of rotatable bonds is 7. The number of carbonyl (C=O) groups is 2. The van der Waals surface area contributed by atoms with Crippen molar-refractivity contribution < 1.29 is 22.7 Å². The number of aryl methyl sites for hydroxylation is 1. The van der Waals surface area contributed by atoms with Gasteiger partial charge in [0.05, 0.1) is 4.90 Å². The van der Waals surface area contributed by atoms with E-state index in [0.29, 0.717) is 10.6 Å². The van der Waals surface area contributed by atoms with Crippen LogP contribution in [-0.4, -0.2) is 36.4 Å². The normalized spacial score (nSPS) is 12.1. The first-order chi connectivity index (χ1) is 14.2. The van der Waals surface area contributed by atoms with Crippen LogP contribution in [0.15, 0.2) is 59.8 Å². The monoisotopic (exact) mass is 446 g/mol. The highest BCUT2D eigenvalue weighted by Gasteiger charge is 2.21. The number of carbonyl (C=O) groups excluding carboxylic acids is 2. The summed E-state index contributed by atoms with van der Waals surface area (Å²) in [6, 6.07) is 10.5. The number of aromatic nitrogens is 2. The number of hydrogen-bond acceptors (Lipinski definition) is 8. The summed E-state index contributed by atoms with van der Waals surface area (Å²) >= 11 is 1.28. The highest BCUT2D eigenvalue weighted by atomic mass is 32.2. The fraction of sp³-hybridized carbons (Fsp3) is 0.158. The molecule has 11 heteroatoms. The number of thiophene rings is 1. The van der Waals surface area contributed by atoms with Crippen LogP contribution in [0.4, 0.5) is 11.6 Å². The Morgan fingerprint density at radius 1 is 1.07 bits per heavy atom. The Morgan fingerprint density at radius 3 is 2.33 bits per heavy atom. The molecule has 0 aliphatic heterocycles. The van der Waals surface area contributed by atoms with Gasteiger partial charge in [0.25, 0.3) is 15.9 Å². The lowest BCUT2D eigenvalue weighted by Crippen LogP contribution is -2.29. The Bertz CT molecular complexity index is 1150. The topological polar surface area (TPSA) is 127 Å². The number of nitrogens with one attached hydrogen (secondary N) is 2. The van der Waals surface area contributed by atoms with Crippen LogP contribution in [0, 0.1) is 6.92 Å². The summed E-state index contributed by atoms with van der Waals surface area (Å²) in [5.74, 6) is -1.17. The molecule has 156 valence electrons. The zero-order valence-electron chi connectivity index (χ0n) is 16.0. The molecule has 1 amide bonds. The smallest absolute Gasteiger partial charge is 0.349 e. The average molecular weight is 447 g/mol. The molecule has 30 heavy (non-hydrogen) atoms. The van der Waals surface area contributed by atoms with Gasteiger partial charge in [-0.3, -0.25) is 4.79 Å². The number of amides is 1. The van der Waals surface area contributed by atoms with E-state index in [4.69, 9.17) is 4.74 Å². The fourth-order valence-corrected chi connectivity index (χ4v) is 4.02. The zero-order chi connectivity index (χ0) is 21.7. The van der Waals surface area contributed by atoms with E-state index < -0.39 is 28.0 Å². The van der Waals surface area contributed by atoms with E-state index in [1.807, 2.05) is 6.92 Å². The Labute approximate surface area is 177 Å². The second-order valence-corrected chi connectivity index (χ2v) is 9.12. The summed E-state index contributed by atoms with van der Waals surface area (Å²) in [5.41, 5.74) is 0.352. The van der Waals surface area contributed by atoms with Crippen LogP contribution in [0.25, 0.3) is 0 Å². The molecule has 2 heterocycles. The largest absolute Gasteiger partial charge is 0.448 e. The van der Waals surface area contributed by atoms with Crippen molar-refractivity contribution in [1.82, 2.24) is 9.97 Å². The van der Waals surface area contributed by atoms with E-state index in [9.17, 15) is 18.0 Å². The quantitative estimate of drug-likeness (QED) is 0.534. The van der Waals surface area contributed by atoms with E-state index in [2.05, 4.69) is 20.0 Å². The molecule has 3 aromatic rings. The zero-order valence-corrected chi connectivity index (χ0v) is 17.7. The van der Waals surface area contributed by atoms with Gasteiger partial charge in [-0.15, -0.1) is 11.3 Å². The number of benzene rings is 1. The first-order valence-electron chi connectivity index (χ1n) is 8.73. The molecule has 0 spiro atoms. The third kappa shape index (κ3) is 5.39. The van der Waals surface area contributed by atoms with Crippen LogP contribution in [0.1, 0.15) is 21.5 Å². The van der Waals surface area contributed by atoms with Gasteiger partial charge >= 0.3 is 5.97 Å². The Kier molecular flexibility index (Phi) is 6.43. The van der Waals surface area contributed by atoms with Crippen molar-refractivity contribution in [2.75, 3.05) is 10.0 Å². The predicted molar refractivity (Wildman–Crippen MR) is 112 cm³/mol. The summed E-state index contributed by atoms with van der Waals surface area (Å²) in [4.78, 5) is 33.3. The first-order valence-corrected chi connectivity index (χ1v) is 11.0. The van der Waals surface area contributed by atoms with E-state index in [0.717, 1.165) is 4.88 Å². The van der Waals surface area contributed by atoms with E-state index in [1.54, 1.807) is 18.2 Å². The van der Waals surface area contributed by atoms with Crippen LogP contribution < -0.4 is 10.0 Å². The Morgan fingerprint density at radius 2 is 1.73 bits per heavy atom. The number of esters is 1. The maximum absolute atomic E-state index is 12.4. The third-order valence-corrected chi connectivity index (χ3v) is 6.14. The summed E-state index contributed by atoms with van der Waals surface area (Å²) in [6.07, 6.45) is 1.80. The Balaban J connectivity index is 1.60. The molecule has 3 rings (SSSR count). The SMILES string of the molecule is Cc1ccc(C(=O)OC(C)C(=O)Nc2ccc(S(=O)(=O)Nc3ncccn3)cc2)s1. The molecular weight excluding hydrogens is 428 g/mol. The van der Waals surface area contributed by atoms with Crippen molar-refractivity contribution in [2.24, 2.45) is 0 Å². The second-order valence-electron chi connectivity index (χ2n) is 6.15. The molecular formula is C19H18N4O5S2. The van der Waals surface area contributed by atoms with Crippen molar-refractivity contribution in [2.45, 2.75) is 24.8 Å². The molecule has 1 unspecified atom stereocenters. The van der Waals surface area contributed by atoms with E-state index >= 15 is 0 Å². The fourth-order valence-electron chi connectivity index (χ4n) is 2.31. The number of nitrogens with zero attached hydrogens (tertiary/aromatic N) is 2. The van der Waals surface area contributed by atoms with Crippen LogP contribution in [0.3, 0.4) is 0 Å². The Hall–Kier alpha value is -3.31. The molecule has 9 nitrogen and oxygen atoms in total. The molecule has 0 saturated carbocycles. The van der Waals surface area contributed by atoms with Crippen molar-refractivity contribution in [3.8, 4) is 0 Å². The highest BCUT2D eigenvalue weighted by molar-refractivity contribution is 7.92. The minimum atomic E-state index is -3.88. The molecule has 0 saturated heterocycles. The highest BCUT2D eigenvalue weighted by Crippen LogP contribution is 2.18. The van der Waals surface area contributed by atoms with Gasteiger partial charge < -0.3 is 10.1 Å². The number of anilines is 2. The molecule has 0 bridgehead atoms. The standard InChI is InChI=1S/C19H18N4O5S2/c1-12-4-9-16(29-12)18(25)28-13(2)17(24)22-14-5-7-15(8-6-14)30(26,27)23-19-20-10-3-11-21-19/h3-11,13H,1-2H3,(H,22,24)(H,20,21,23). The lowest BCUT2D eigenvalue weighted by Gasteiger charge is -2.13. The minimum absolute atomic E-state index is 0.0273. The van der Waals surface area contributed by atoms with Crippen LogP contribution in [0.2, 0.25) is 0 Å². The maximum Gasteiger partial charge on any atom is 0.349 e. The summed E-state index contributed by atoms with van der Waals surface area (Å²) in [7, 11) is -3.88. The maximum atomic E-state index is 12.4. The van der Waals surface area contributed by atoms with E-state index in [1.165, 1.54) is 54.9 Å². The lowest BCUT2D eigenvalue weighted by molar-refractivity contribution is -0.123. The van der Waals surface area contributed by atoms with Gasteiger partial charge in [-0.05, 0) is 56.3 Å². The van der Waals surface area contributed by atoms with Gasteiger partial charge in [0.2, 0.25) is 5.95 Å². The van der Waals surface area contributed by atoms with Gasteiger partial charge in [-0.2, -0.15) is 0 Å². The third-order valence-electron chi connectivity index (χ3n) is 3.82. The molecule has 2 N–H and O–H groups in total. The molecule has 0 radical (unpaired) electrons. The van der Waals surface area contributed by atoms with E-state index in [-0.39, 0.29) is 10.8 Å². The van der Waals surface area contributed by atoms with Crippen molar-refractivity contribution in [3.05, 3.63) is 64.6 Å². The molecule has 1 aromatic carbocycles. The van der Waals surface area contributed by atoms with Crippen LogP contribution in [-0.2, 0) is 19.6 Å². The summed E-state index contributed by atoms with van der Waals surface area (Å²) in [6.45, 7) is 3.32. The minimum Gasteiger partial charge on any atom is -0.448 e. The van der Waals surface area contributed by atoms with Gasteiger partial charge in [0.1, 0.15) is 4.88 Å². The average Bonchev–Trinajstić information content (AvgIpc) is 3.15. The molecule has 1 atom stereocenters. The molecule has 0 fully saturated rings. The van der Waals surface area contributed by atoms with Crippen LogP contribution >= 0.6 is 11.3 Å². The predicted octanol–water partition coefficient (Wildman–Crippen LogP) is 2.83. The lowest BCUT2D eigenvalue weighted by atomic mass is 10.3. The van der Waals surface area contributed by atoms with Crippen molar-refractivity contribution in [1.29, 1.82) is 0 Å². The summed E-state index contributed by atoms with van der Waals surface area (Å²) in [5, 5.41) is 2.58. The number of hydrogen-bond donors (Lipinski definition) is 2. The van der Waals surface area contributed by atoms with Gasteiger partial charge in [0.15, 0.2) is 6.10 Å². The molecule has 0 aliphatic carbocycles.